The molecule has 1 saturated heterocycles. The lowest BCUT2D eigenvalue weighted by atomic mass is 9.94. The molecule has 1 aliphatic heterocycles. The quantitative estimate of drug-likeness (QED) is 0.798. The number of hydrogen-bond acceptors (Lipinski definition) is 6. The fourth-order valence-corrected chi connectivity index (χ4v) is 3.00. The third-order valence-corrected chi connectivity index (χ3v) is 4.29. The maximum absolute atomic E-state index is 11.2. The van der Waals surface area contributed by atoms with Gasteiger partial charge in [0, 0.05) is 18.1 Å². The molecule has 0 bridgehead atoms. The highest BCUT2D eigenvalue weighted by atomic mass is 16.5. The van der Waals surface area contributed by atoms with Crippen molar-refractivity contribution in [3.05, 3.63) is 34.6 Å². The van der Waals surface area contributed by atoms with E-state index >= 15 is 0 Å². The highest BCUT2D eigenvalue weighted by Gasteiger charge is 2.27. The van der Waals surface area contributed by atoms with Crippen LogP contribution in [0.15, 0.2) is 31.9 Å². The molecule has 0 aliphatic carbocycles. The first-order valence-electron chi connectivity index (χ1n) is 7.81. The second-order valence-electron chi connectivity index (χ2n) is 5.80. The number of benzene rings is 1. The maximum atomic E-state index is 11.2. The highest BCUT2D eigenvalue weighted by Crippen LogP contribution is 2.31. The summed E-state index contributed by atoms with van der Waals surface area (Å²) < 4.78 is 16.1. The zero-order valence-electron chi connectivity index (χ0n) is 12.7. The van der Waals surface area contributed by atoms with Gasteiger partial charge in [-0.05, 0) is 37.5 Å². The Bertz CT molecular complexity index is 879. The molecule has 4 rings (SSSR count). The van der Waals surface area contributed by atoms with Crippen LogP contribution in [0.1, 0.15) is 38.0 Å². The van der Waals surface area contributed by atoms with Crippen LogP contribution in [0.2, 0.25) is 0 Å². The largest absolute Gasteiger partial charge is 0.417 e. The van der Waals surface area contributed by atoms with Crippen LogP contribution in [-0.2, 0) is 4.74 Å². The second kappa shape index (κ2) is 5.66. The Morgan fingerprint density at radius 3 is 3.17 bits per heavy atom. The van der Waals surface area contributed by atoms with Gasteiger partial charge in [0.1, 0.15) is 0 Å². The molecule has 2 aromatic heterocycles. The number of H-pyrrole nitrogens is 1. The Morgan fingerprint density at radius 1 is 1.39 bits per heavy atom. The third kappa shape index (κ3) is 2.68. The topological polar surface area (TPSA) is 94.2 Å². The van der Waals surface area contributed by atoms with Crippen LogP contribution in [0.5, 0.6) is 0 Å². The summed E-state index contributed by atoms with van der Waals surface area (Å²) >= 11 is 0. The molecule has 0 amide bonds. The zero-order chi connectivity index (χ0) is 15.8. The summed E-state index contributed by atoms with van der Waals surface area (Å²) in [6.07, 6.45) is 3.05. The van der Waals surface area contributed by atoms with Crippen molar-refractivity contribution in [3.8, 4) is 11.4 Å². The van der Waals surface area contributed by atoms with E-state index in [0.29, 0.717) is 22.8 Å². The molecular formula is C16H17N3O4. The van der Waals surface area contributed by atoms with Crippen molar-refractivity contribution in [1.29, 1.82) is 0 Å². The van der Waals surface area contributed by atoms with Crippen LogP contribution in [0.25, 0.3) is 22.5 Å². The lowest BCUT2D eigenvalue weighted by Crippen LogP contribution is -2.24. The van der Waals surface area contributed by atoms with Crippen molar-refractivity contribution in [2.45, 2.75) is 38.2 Å². The van der Waals surface area contributed by atoms with Crippen molar-refractivity contribution >= 4 is 11.1 Å². The molecule has 1 N–H and O–H groups in total. The van der Waals surface area contributed by atoms with Crippen LogP contribution >= 0.6 is 0 Å². The SMILES string of the molecule is CCC1CC(c2nc(-c3ccc4oc(=O)[nH]c4c3)no2)CCO1. The summed E-state index contributed by atoms with van der Waals surface area (Å²) in [5.41, 5.74) is 1.91. The van der Waals surface area contributed by atoms with Gasteiger partial charge >= 0.3 is 5.76 Å². The minimum atomic E-state index is -0.473. The smallest absolute Gasteiger partial charge is 0.408 e. The van der Waals surface area contributed by atoms with Gasteiger partial charge in [-0.25, -0.2) is 4.79 Å². The molecule has 1 fully saturated rings. The summed E-state index contributed by atoms with van der Waals surface area (Å²) in [6, 6.07) is 5.32. The number of ether oxygens (including phenoxy) is 1. The molecule has 2 unspecified atom stereocenters. The molecule has 7 heteroatoms. The van der Waals surface area contributed by atoms with Crippen molar-refractivity contribution in [3.63, 3.8) is 0 Å². The van der Waals surface area contributed by atoms with Gasteiger partial charge in [-0.3, -0.25) is 4.98 Å². The average Bonchev–Trinajstić information content (AvgIpc) is 3.19. The number of hydrogen-bond donors (Lipinski definition) is 1. The van der Waals surface area contributed by atoms with E-state index in [1.54, 1.807) is 12.1 Å². The standard InChI is InChI=1S/C16H17N3O4/c1-2-11-7-10(5-6-21-11)15-18-14(19-23-15)9-3-4-13-12(8-9)17-16(20)22-13/h3-4,8,10-11H,2,5-7H2,1H3,(H,17,20). The van der Waals surface area contributed by atoms with Gasteiger partial charge in [-0.15, -0.1) is 0 Å². The van der Waals surface area contributed by atoms with Gasteiger partial charge in [0.05, 0.1) is 11.6 Å². The van der Waals surface area contributed by atoms with Crippen LogP contribution in [0.3, 0.4) is 0 Å². The summed E-state index contributed by atoms with van der Waals surface area (Å²) in [7, 11) is 0. The molecule has 1 aromatic carbocycles. The van der Waals surface area contributed by atoms with E-state index < -0.39 is 5.76 Å². The predicted octanol–water partition coefficient (Wildman–Crippen LogP) is 2.84. The molecular weight excluding hydrogens is 298 g/mol. The fraction of sp³-hybridized carbons (Fsp3) is 0.438. The lowest BCUT2D eigenvalue weighted by molar-refractivity contribution is 0.0000983. The van der Waals surface area contributed by atoms with E-state index in [-0.39, 0.29) is 12.0 Å². The van der Waals surface area contributed by atoms with Crippen molar-refractivity contribution in [2.75, 3.05) is 6.61 Å². The minimum Gasteiger partial charge on any atom is -0.408 e. The van der Waals surface area contributed by atoms with Gasteiger partial charge in [-0.1, -0.05) is 12.1 Å². The lowest BCUT2D eigenvalue weighted by Gasteiger charge is -2.26. The Labute approximate surface area is 131 Å². The van der Waals surface area contributed by atoms with Crippen molar-refractivity contribution in [1.82, 2.24) is 15.1 Å². The van der Waals surface area contributed by atoms with E-state index in [0.717, 1.165) is 31.4 Å². The first kappa shape index (κ1) is 14.2. The van der Waals surface area contributed by atoms with Gasteiger partial charge in [-0.2, -0.15) is 4.98 Å². The Balaban J connectivity index is 1.62. The molecule has 23 heavy (non-hydrogen) atoms. The van der Waals surface area contributed by atoms with Crippen molar-refractivity contribution < 1.29 is 13.7 Å². The van der Waals surface area contributed by atoms with Crippen molar-refractivity contribution in [2.24, 2.45) is 0 Å². The monoisotopic (exact) mass is 315 g/mol. The van der Waals surface area contributed by atoms with E-state index in [2.05, 4.69) is 22.0 Å². The Morgan fingerprint density at radius 2 is 2.30 bits per heavy atom. The number of fused-ring (bicyclic) bond motifs is 1. The first-order valence-corrected chi connectivity index (χ1v) is 7.81. The Kier molecular flexibility index (Phi) is 3.49. The number of nitrogens with one attached hydrogen (secondary N) is 1. The number of aromatic amines is 1. The Hall–Kier alpha value is -2.41. The second-order valence-corrected chi connectivity index (χ2v) is 5.80. The van der Waals surface area contributed by atoms with Gasteiger partial charge in [0.2, 0.25) is 11.7 Å². The number of nitrogens with zero attached hydrogens (tertiary/aromatic N) is 2. The molecule has 0 radical (unpaired) electrons. The fourth-order valence-electron chi connectivity index (χ4n) is 3.00. The third-order valence-electron chi connectivity index (χ3n) is 4.29. The molecule has 7 nitrogen and oxygen atoms in total. The van der Waals surface area contributed by atoms with Gasteiger partial charge in [0.25, 0.3) is 0 Å². The van der Waals surface area contributed by atoms with Crippen LogP contribution in [0, 0.1) is 0 Å². The maximum Gasteiger partial charge on any atom is 0.417 e. The number of oxazole rings is 1. The first-order chi connectivity index (χ1) is 11.2. The predicted molar refractivity (Wildman–Crippen MR) is 82.1 cm³/mol. The van der Waals surface area contributed by atoms with E-state index in [1.807, 2.05) is 6.07 Å². The van der Waals surface area contributed by atoms with Gasteiger partial charge in [0.15, 0.2) is 5.58 Å². The molecule has 2 atom stereocenters. The zero-order valence-corrected chi connectivity index (χ0v) is 12.7. The molecule has 120 valence electrons. The van der Waals surface area contributed by atoms with Crippen LogP contribution in [0.4, 0.5) is 0 Å². The normalized spacial score (nSPS) is 21.8. The van der Waals surface area contributed by atoms with E-state index in [4.69, 9.17) is 13.7 Å². The summed E-state index contributed by atoms with van der Waals surface area (Å²) in [6.45, 7) is 2.84. The summed E-state index contributed by atoms with van der Waals surface area (Å²) in [5.74, 6) is 0.942. The van der Waals surface area contributed by atoms with E-state index in [1.165, 1.54) is 0 Å². The van der Waals surface area contributed by atoms with Crippen LogP contribution < -0.4 is 5.76 Å². The molecule has 1 aliphatic rings. The van der Waals surface area contributed by atoms with Crippen LogP contribution in [-0.4, -0.2) is 27.8 Å². The highest BCUT2D eigenvalue weighted by molar-refractivity contribution is 5.78. The molecule has 0 saturated carbocycles. The van der Waals surface area contributed by atoms with Gasteiger partial charge < -0.3 is 13.7 Å². The molecule has 3 heterocycles. The van der Waals surface area contributed by atoms with E-state index in [9.17, 15) is 4.79 Å². The number of rotatable bonds is 3. The average molecular weight is 315 g/mol. The molecule has 0 spiro atoms. The summed E-state index contributed by atoms with van der Waals surface area (Å²) in [5, 5.41) is 4.08. The summed E-state index contributed by atoms with van der Waals surface area (Å²) in [4.78, 5) is 18.4. The minimum absolute atomic E-state index is 0.243. The molecule has 3 aromatic rings. The number of aromatic nitrogens is 3.